The Bertz CT molecular complexity index is 1320. The largest absolute Gasteiger partial charge is 0.508 e. The minimum atomic E-state index is -0.873. The number of nitrogens with zero attached hydrogens (tertiary/aromatic N) is 2. The molecule has 2 N–H and O–H groups in total. The lowest BCUT2D eigenvalue weighted by Gasteiger charge is -2.10. The Balaban J connectivity index is 1.78. The van der Waals surface area contributed by atoms with Crippen molar-refractivity contribution < 1.29 is 14.7 Å². The predicted molar refractivity (Wildman–Crippen MR) is 121 cm³/mol. The predicted octanol–water partition coefficient (Wildman–Crippen LogP) is 5.57. The van der Waals surface area contributed by atoms with Crippen LogP contribution < -0.4 is 5.32 Å². The number of amides is 1. The lowest BCUT2D eigenvalue weighted by molar-refractivity contribution is -0.112. The number of hydrogen-bond acceptors (Lipinski definition) is 4. The highest BCUT2D eigenvalue weighted by Crippen LogP contribution is 2.34. The molecule has 4 rings (SSSR count). The molecule has 0 aliphatic rings. The van der Waals surface area contributed by atoms with E-state index in [1.165, 1.54) is 18.3 Å². The normalized spacial score (nSPS) is 10.9. The number of phenolic OH excluding ortho intramolecular Hbond substituents is 1. The Kier molecular flexibility index (Phi) is 5.87. The standard InChI is InChI=1S/C22H14Cl3N3O3/c23-13-4-3-12(17(24)8-13)11-28-18-6-5-15(29)9-16(18)19(21(28)25)20(30)22(31)27-14-2-1-7-26-10-14/h1-10,29H,11H2,(H,27,31). The van der Waals surface area contributed by atoms with E-state index in [9.17, 15) is 14.7 Å². The first-order chi connectivity index (χ1) is 14.8. The quantitative estimate of drug-likeness (QED) is 0.292. The van der Waals surface area contributed by atoms with Crippen LogP contribution in [0.1, 0.15) is 15.9 Å². The van der Waals surface area contributed by atoms with Gasteiger partial charge >= 0.3 is 0 Å². The second-order valence-electron chi connectivity index (χ2n) is 6.71. The lowest BCUT2D eigenvalue weighted by atomic mass is 10.1. The number of phenols is 1. The molecule has 0 atom stereocenters. The average molecular weight is 475 g/mol. The highest BCUT2D eigenvalue weighted by molar-refractivity contribution is 6.51. The molecule has 0 unspecified atom stereocenters. The van der Waals surface area contributed by atoms with E-state index in [0.717, 1.165) is 5.56 Å². The Morgan fingerprint density at radius 2 is 1.87 bits per heavy atom. The molecule has 0 aliphatic heterocycles. The summed E-state index contributed by atoms with van der Waals surface area (Å²) >= 11 is 18.9. The number of anilines is 1. The fourth-order valence-corrected chi connectivity index (χ4v) is 4.05. The number of halogens is 3. The van der Waals surface area contributed by atoms with Gasteiger partial charge < -0.3 is 15.0 Å². The summed E-state index contributed by atoms with van der Waals surface area (Å²) < 4.78 is 1.65. The number of aromatic hydroxyl groups is 1. The van der Waals surface area contributed by atoms with Crippen LogP contribution in [-0.4, -0.2) is 26.3 Å². The summed E-state index contributed by atoms with van der Waals surface area (Å²) in [4.78, 5) is 29.5. The number of hydrogen-bond donors (Lipinski definition) is 2. The molecule has 31 heavy (non-hydrogen) atoms. The van der Waals surface area contributed by atoms with Crippen molar-refractivity contribution >= 4 is 63.1 Å². The number of rotatable bonds is 5. The molecule has 1 amide bonds. The molecule has 0 saturated carbocycles. The van der Waals surface area contributed by atoms with Gasteiger partial charge in [-0.25, -0.2) is 0 Å². The van der Waals surface area contributed by atoms with E-state index in [1.54, 1.807) is 47.2 Å². The minimum absolute atomic E-state index is 0.0148. The van der Waals surface area contributed by atoms with Gasteiger partial charge in [0.2, 0.25) is 0 Å². The van der Waals surface area contributed by atoms with Crippen molar-refractivity contribution in [1.82, 2.24) is 9.55 Å². The van der Waals surface area contributed by atoms with Crippen molar-refractivity contribution in [3.8, 4) is 5.75 Å². The van der Waals surface area contributed by atoms with Gasteiger partial charge in [0.05, 0.1) is 29.5 Å². The van der Waals surface area contributed by atoms with E-state index < -0.39 is 11.7 Å². The molecule has 0 aliphatic carbocycles. The Hall–Kier alpha value is -3.06. The molecule has 2 heterocycles. The van der Waals surface area contributed by atoms with Gasteiger partial charge in [0.25, 0.3) is 11.7 Å². The maximum atomic E-state index is 13.0. The number of ketones is 1. The molecule has 2 aromatic heterocycles. The van der Waals surface area contributed by atoms with Crippen molar-refractivity contribution in [3.63, 3.8) is 0 Å². The Labute approximate surface area is 192 Å². The third-order valence-electron chi connectivity index (χ3n) is 4.68. The van der Waals surface area contributed by atoms with Gasteiger partial charge in [-0.15, -0.1) is 0 Å². The van der Waals surface area contributed by atoms with E-state index >= 15 is 0 Å². The first kappa shape index (κ1) is 21.2. The molecule has 0 radical (unpaired) electrons. The van der Waals surface area contributed by atoms with Crippen molar-refractivity contribution in [2.24, 2.45) is 0 Å². The number of pyridine rings is 1. The minimum Gasteiger partial charge on any atom is -0.508 e. The molecule has 0 bridgehead atoms. The summed E-state index contributed by atoms with van der Waals surface area (Å²) in [6.45, 7) is 0.230. The van der Waals surface area contributed by atoms with Crippen LogP contribution in [-0.2, 0) is 11.3 Å². The molecule has 4 aromatic rings. The maximum Gasteiger partial charge on any atom is 0.296 e. The van der Waals surface area contributed by atoms with Crippen LogP contribution in [0.25, 0.3) is 10.9 Å². The van der Waals surface area contributed by atoms with Gasteiger partial charge in [-0.05, 0) is 48.0 Å². The van der Waals surface area contributed by atoms with E-state index in [4.69, 9.17) is 34.8 Å². The number of benzene rings is 2. The summed E-state index contributed by atoms with van der Waals surface area (Å²) in [5.74, 6) is -1.78. The number of fused-ring (bicyclic) bond motifs is 1. The summed E-state index contributed by atoms with van der Waals surface area (Å²) in [6, 6.07) is 12.8. The molecular weight excluding hydrogens is 461 g/mol. The van der Waals surface area contributed by atoms with E-state index in [2.05, 4.69) is 10.3 Å². The van der Waals surface area contributed by atoms with Gasteiger partial charge in [0.1, 0.15) is 10.9 Å². The molecule has 9 heteroatoms. The van der Waals surface area contributed by atoms with Crippen LogP contribution in [0.3, 0.4) is 0 Å². The maximum absolute atomic E-state index is 13.0. The van der Waals surface area contributed by atoms with Gasteiger partial charge in [0.15, 0.2) is 0 Å². The van der Waals surface area contributed by atoms with E-state index in [1.807, 2.05) is 0 Å². The zero-order valence-corrected chi connectivity index (χ0v) is 18.0. The van der Waals surface area contributed by atoms with Crippen LogP contribution in [0.4, 0.5) is 5.69 Å². The van der Waals surface area contributed by atoms with Gasteiger partial charge in [-0.3, -0.25) is 14.6 Å². The van der Waals surface area contributed by atoms with Gasteiger partial charge in [0, 0.05) is 21.6 Å². The topological polar surface area (TPSA) is 84.2 Å². The summed E-state index contributed by atoms with van der Waals surface area (Å²) in [5.41, 5.74) is 1.64. The third kappa shape index (κ3) is 4.23. The molecule has 2 aromatic carbocycles. The third-order valence-corrected chi connectivity index (χ3v) is 5.66. The number of Topliss-reactive ketones (excluding diaryl/α,β-unsaturated/α-hetero) is 1. The average Bonchev–Trinajstić information content (AvgIpc) is 3.00. The van der Waals surface area contributed by atoms with Crippen LogP contribution >= 0.6 is 34.8 Å². The van der Waals surface area contributed by atoms with Crippen LogP contribution in [0.5, 0.6) is 5.75 Å². The fraction of sp³-hybridized carbons (Fsp3) is 0.0455. The molecule has 6 nitrogen and oxygen atoms in total. The molecular formula is C22H14Cl3N3O3. The van der Waals surface area contributed by atoms with Crippen molar-refractivity contribution in [3.05, 3.63) is 87.2 Å². The number of carbonyl (C=O) groups excluding carboxylic acids is 2. The van der Waals surface area contributed by atoms with Crippen molar-refractivity contribution in [2.75, 3.05) is 5.32 Å². The number of nitrogens with one attached hydrogen (secondary N) is 1. The lowest BCUT2D eigenvalue weighted by Crippen LogP contribution is -2.23. The van der Waals surface area contributed by atoms with Gasteiger partial charge in [-0.1, -0.05) is 40.9 Å². The summed E-state index contributed by atoms with van der Waals surface area (Å²) in [7, 11) is 0. The zero-order valence-electron chi connectivity index (χ0n) is 15.8. The van der Waals surface area contributed by atoms with Crippen molar-refractivity contribution in [2.45, 2.75) is 6.54 Å². The highest BCUT2D eigenvalue weighted by Gasteiger charge is 2.27. The smallest absolute Gasteiger partial charge is 0.296 e. The second-order valence-corrected chi connectivity index (χ2v) is 7.92. The Morgan fingerprint density at radius 3 is 2.58 bits per heavy atom. The summed E-state index contributed by atoms with van der Waals surface area (Å²) in [5, 5.41) is 13.8. The molecule has 0 fully saturated rings. The van der Waals surface area contributed by atoms with Crippen molar-refractivity contribution in [1.29, 1.82) is 0 Å². The monoisotopic (exact) mass is 473 g/mol. The summed E-state index contributed by atoms with van der Waals surface area (Å²) in [6.07, 6.45) is 2.97. The van der Waals surface area contributed by atoms with Crippen LogP contribution in [0.15, 0.2) is 60.9 Å². The first-order valence-electron chi connectivity index (χ1n) is 9.05. The van der Waals surface area contributed by atoms with Gasteiger partial charge in [-0.2, -0.15) is 0 Å². The van der Waals surface area contributed by atoms with E-state index in [0.29, 0.717) is 26.6 Å². The van der Waals surface area contributed by atoms with E-state index in [-0.39, 0.29) is 23.0 Å². The Morgan fingerprint density at radius 1 is 1.06 bits per heavy atom. The fourth-order valence-electron chi connectivity index (χ4n) is 3.24. The second kappa shape index (κ2) is 8.59. The molecule has 156 valence electrons. The zero-order chi connectivity index (χ0) is 22.1. The number of carbonyl (C=O) groups is 2. The van der Waals surface area contributed by atoms with Crippen LogP contribution in [0.2, 0.25) is 15.2 Å². The first-order valence-corrected chi connectivity index (χ1v) is 10.2. The van der Waals surface area contributed by atoms with Crippen LogP contribution in [0, 0.1) is 0 Å². The SMILES string of the molecule is O=C(Nc1cccnc1)C(=O)c1c(Cl)n(Cc2ccc(Cl)cc2Cl)c2ccc(O)cc12. The number of aromatic nitrogens is 2. The highest BCUT2D eigenvalue weighted by atomic mass is 35.5. The molecule has 0 spiro atoms. The molecule has 0 saturated heterocycles.